The van der Waals surface area contributed by atoms with Crippen molar-refractivity contribution in [2.45, 2.75) is 46.5 Å². The molecule has 3 nitrogen and oxygen atoms in total. The molecule has 4 heteroatoms. The Hall–Kier alpha value is -0.640. The minimum atomic E-state index is 0.430. The quantitative estimate of drug-likeness (QED) is 0.746. The van der Waals surface area contributed by atoms with Crippen LogP contribution >= 0.6 is 11.5 Å². The molecule has 1 aromatic rings. The first-order valence-electron chi connectivity index (χ1n) is 5.77. The maximum atomic E-state index is 4.57. The van der Waals surface area contributed by atoms with Crippen molar-refractivity contribution in [1.82, 2.24) is 9.36 Å². The van der Waals surface area contributed by atoms with Crippen LogP contribution in [0.2, 0.25) is 0 Å². The number of nitrogens with zero attached hydrogens (tertiary/aromatic N) is 3. The molecule has 0 atom stereocenters. The van der Waals surface area contributed by atoms with E-state index in [0.717, 1.165) is 24.0 Å². The van der Waals surface area contributed by atoms with E-state index < -0.39 is 0 Å². The minimum absolute atomic E-state index is 0.430. The lowest BCUT2D eigenvalue weighted by Gasteiger charge is -2.18. The summed E-state index contributed by atoms with van der Waals surface area (Å²) < 4.78 is 4.38. The van der Waals surface area contributed by atoms with E-state index in [0.29, 0.717) is 5.92 Å². The number of hydrogen-bond acceptors (Lipinski definition) is 4. The van der Waals surface area contributed by atoms with Gasteiger partial charge in [0.25, 0.3) is 0 Å². The molecule has 0 aliphatic carbocycles. The van der Waals surface area contributed by atoms with Crippen LogP contribution in [0.5, 0.6) is 0 Å². The van der Waals surface area contributed by atoms with Crippen LogP contribution in [0.15, 0.2) is 0 Å². The molecule has 86 valence electrons. The standard InChI is InChI=1S/C11H21N3S/c1-5-7-8-14(6-2)11-12-10(9(3)4)13-15-11/h9H,5-8H2,1-4H3. The summed E-state index contributed by atoms with van der Waals surface area (Å²) >= 11 is 1.53. The SMILES string of the molecule is CCCCN(CC)c1nc(C(C)C)ns1. The van der Waals surface area contributed by atoms with Gasteiger partial charge < -0.3 is 4.90 Å². The van der Waals surface area contributed by atoms with E-state index in [1.54, 1.807) is 0 Å². The number of rotatable bonds is 6. The Kier molecular flexibility index (Phi) is 5.02. The van der Waals surface area contributed by atoms with Gasteiger partial charge in [0.05, 0.1) is 0 Å². The van der Waals surface area contributed by atoms with Gasteiger partial charge in [0.2, 0.25) is 5.13 Å². The number of anilines is 1. The third kappa shape index (κ3) is 3.45. The van der Waals surface area contributed by atoms with E-state index >= 15 is 0 Å². The van der Waals surface area contributed by atoms with Crippen LogP contribution in [-0.2, 0) is 0 Å². The summed E-state index contributed by atoms with van der Waals surface area (Å²) in [6.45, 7) is 10.8. The van der Waals surface area contributed by atoms with Gasteiger partial charge in [-0.15, -0.1) is 0 Å². The molecule has 0 amide bonds. The van der Waals surface area contributed by atoms with Crippen LogP contribution < -0.4 is 4.90 Å². The van der Waals surface area contributed by atoms with E-state index in [1.807, 2.05) is 0 Å². The zero-order valence-electron chi connectivity index (χ0n) is 10.2. The minimum Gasteiger partial charge on any atom is -0.347 e. The summed E-state index contributed by atoms with van der Waals surface area (Å²) in [6, 6.07) is 0. The Bertz CT molecular complexity index is 283. The summed E-state index contributed by atoms with van der Waals surface area (Å²) in [5.41, 5.74) is 0. The molecule has 0 radical (unpaired) electrons. The maximum absolute atomic E-state index is 4.57. The van der Waals surface area contributed by atoms with Gasteiger partial charge in [-0.05, 0) is 13.3 Å². The molecule has 0 spiro atoms. The Morgan fingerprint density at radius 3 is 2.53 bits per heavy atom. The van der Waals surface area contributed by atoms with Gasteiger partial charge in [-0.25, -0.2) is 4.98 Å². The van der Waals surface area contributed by atoms with Crippen LogP contribution in [0.3, 0.4) is 0 Å². The first-order chi connectivity index (χ1) is 7.19. The van der Waals surface area contributed by atoms with Crippen LogP contribution in [0.4, 0.5) is 5.13 Å². The highest BCUT2D eigenvalue weighted by Gasteiger charge is 2.12. The summed E-state index contributed by atoms with van der Waals surface area (Å²) in [5, 5.41) is 1.08. The predicted octanol–water partition coefficient (Wildman–Crippen LogP) is 3.29. The lowest BCUT2D eigenvalue weighted by molar-refractivity contribution is 0.723. The van der Waals surface area contributed by atoms with E-state index in [1.165, 1.54) is 24.4 Å². The van der Waals surface area contributed by atoms with Gasteiger partial charge in [0.15, 0.2) is 0 Å². The third-order valence-corrected chi connectivity index (χ3v) is 3.17. The fourth-order valence-electron chi connectivity index (χ4n) is 1.33. The first-order valence-corrected chi connectivity index (χ1v) is 6.54. The number of unbranched alkanes of at least 4 members (excludes halogenated alkanes) is 1. The van der Waals surface area contributed by atoms with Gasteiger partial charge in [-0.3, -0.25) is 0 Å². The molecule has 0 aliphatic heterocycles. The Labute approximate surface area is 96.7 Å². The second-order valence-electron chi connectivity index (χ2n) is 4.02. The van der Waals surface area contributed by atoms with Crippen molar-refractivity contribution >= 4 is 16.7 Å². The van der Waals surface area contributed by atoms with Gasteiger partial charge in [-0.1, -0.05) is 27.2 Å². The van der Waals surface area contributed by atoms with Gasteiger partial charge in [0.1, 0.15) is 5.82 Å². The van der Waals surface area contributed by atoms with E-state index in [2.05, 4.69) is 42.0 Å². The van der Waals surface area contributed by atoms with Crippen molar-refractivity contribution in [2.24, 2.45) is 0 Å². The molecular formula is C11H21N3S. The zero-order chi connectivity index (χ0) is 11.3. The van der Waals surface area contributed by atoms with Crippen molar-refractivity contribution in [3.8, 4) is 0 Å². The molecule has 0 fully saturated rings. The predicted molar refractivity (Wildman–Crippen MR) is 66.8 cm³/mol. The Morgan fingerprint density at radius 1 is 1.33 bits per heavy atom. The molecule has 0 saturated carbocycles. The highest BCUT2D eigenvalue weighted by atomic mass is 32.1. The summed E-state index contributed by atoms with van der Waals surface area (Å²) in [6.07, 6.45) is 2.46. The molecule has 15 heavy (non-hydrogen) atoms. The van der Waals surface area contributed by atoms with Crippen molar-refractivity contribution in [3.05, 3.63) is 5.82 Å². The van der Waals surface area contributed by atoms with Crippen molar-refractivity contribution in [3.63, 3.8) is 0 Å². The second kappa shape index (κ2) is 6.05. The molecule has 1 aromatic heterocycles. The van der Waals surface area contributed by atoms with Gasteiger partial charge in [-0.2, -0.15) is 4.37 Å². The normalized spacial score (nSPS) is 11.0. The summed E-state index contributed by atoms with van der Waals surface area (Å²) in [4.78, 5) is 6.88. The molecule has 1 rings (SSSR count). The Morgan fingerprint density at radius 2 is 2.07 bits per heavy atom. The molecule has 0 unspecified atom stereocenters. The highest BCUT2D eigenvalue weighted by Crippen LogP contribution is 2.21. The average molecular weight is 227 g/mol. The first kappa shape index (κ1) is 12.4. The van der Waals surface area contributed by atoms with Gasteiger partial charge in [0, 0.05) is 30.5 Å². The molecule has 0 saturated heterocycles. The second-order valence-corrected chi connectivity index (χ2v) is 4.75. The van der Waals surface area contributed by atoms with E-state index in [-0.39, 0.29) is 0 Å². The third-order valence-electron chi connectivity index (χ3n) is 2.38. The van der Waals surface area contributed by atoms with Crippen molar-refractivity contribution in [1.29, 1.82) is 0 Å². The van der Waals surface area contributed by atoms with Crippen LogP contribution in [0.25, 0.3) is 0 Å². The smallest absolute Gasteiger partial charge is 0.205 e. The summed E-state index contributed by atoms with van der Waals surface area (Å²) in [5.74, 6) is 1.41. The molecule has 0 aromatic carbocycles. The number of hydrogen-bond donors (Lipinski definition) is 0. The topological polar surface area (TPSA) is 29.0 Å². The monoisotopic (exact) mass is 227 g/mol. The maximum Gasteiger partial charge on any atom is 0.205 e. The fourth-order valence-corrected chi connectivity index (χ4v) is 2.22. The van der Waals surface area contributed by atoms with Crippen LogP contribution in [0, 0.1) is 0 Å². The number of aromatic nitrogens is 2. The van der Waals surface area contributed by atoms with E-state index in [9.17, 15) is 0 Å². The van der Waals surface area contributed by atoms with Crippen LogP contribution in [0.1, 0.15) is 52.3 Å². The lowest BCUT2D eigenvalue weighted by atomic mass is 10.2. The fraction of sp³-hybridized carbons (Fsp3) is 0.818. The molecule has 0 bridgehead atoms. The molecular weight excluding hydrogens is 206 g/mol. The molecule has 0 aliphatic rings. The summed E-state index contributed by atoms with van der Waals surface area (Å²) in [7, 11) is 0. The van der Waals surface area contributed by atoms with E-state index in [4.69, 9.17) is 0 Å². The Balaban J connectivity index is 2.65. The average Bonchev–Trinajstić information content (AvgIpc) is 2.68. The van der Waals surface area contributed by atoms with Gasteiger partial charge >= 0.3 is 0 Å². The largest absolute Gasteiger partial charge is 0.347 e. The molecule has 1 heterocycles. The van der Waals surface area contributed by atoms with Crippen molar-refractivity contribution in [2.75, 3.05) is 18.0 Å². The van der Waals surface area contributed by atoms with Crippen LogP contribution in [-0.4, -0.2) is 22.4 Å². The lowest BCUT2D eigenvalue weighted by Crippen LogP contribution is -2.23. The highest BCUT2D eigenvalue weighted by molar-refractivity contribution is 7.09. The van der Waals surface area contributed by atoms with Crippen molar-refractivity contribution < 1.29 is 0 Å². The molecule has 0 N–H and O–H groups in total. The zero-order valence-corrected chi connectivity index (χ0v) is 11.0.